The van der Waals surface area contributed by atoms with Crippen LogP contribution in [-0.4, -0.2) is 43.1 Å². The summed E-state index contributed by atoms with van der Waals surface area (Å²) in [7, 11) is 1.71. The highest BCUT2D eigenvalue weighted by Gasteiger charge is 2.19. The number of carbonyl (C=O) groups is 2. The van der Waals surface area contributed by atoms with Crippen LogP contribution < -0.4 is 14.8 Å². The molecule has 1 aromatic rings. The van der Waals surface area contributed by atoms with Crippen molar-refractivity contribution in [2.24, 2.45) is 0 Å². The summed E-state index contributed by atoms with van der Waals surface area (Å²) in [6, 6.07) is 4.85. The highest BCUT2D eigenvalue weighted by atomic mass is 16.7. The summed E-state index contributed by atoms with van der Waals surface area (Å²) in [5.41, 5.74) is 0.820. The van der Waals surface area contributed by atoms with Crippen molar-refractivity contribution in [2.75, 3.05) is 20.4 Å². The molecule has 0 aliphatic carbocycles. The number of benzene rings is 1. The van der Waals surface area contributed by atoms with Gasteiger partial charge < -0.3 is 19.7 Å². The summed E-state index contributed by atoms with van der Waals surface area (Å²) in [6.07, 6.45) is 0.199. The Morgan fingerprint density at radius 2 is 2.05 bits per heavy atom. The van der Waals surface area contributed by atoms with Crippen molar-refractivity contribution in [3.8, 4) is 11.5 Å². The summed E-state index contributed by atoms with van der Waals surface area (Å²) in [5, 5.41) is 2.71. The van der Waals surface area contributed by atoms with Crippen LogP contribution in [0.25, 0.3) is 0 Å². The van der Waals surface area contributed by atoms with Crippen LogP contribution in [0.1, 0.15) is 19.4 Å². The van der Waals surface area contributed by atoms with Gasteiger partial charge in [-0.05, 0) is 31.5 Å². The molecule has 0 saturated carbocycles. The standard InChI is InChI=1S/C15H20N2O4/c1-4-17(3)15(19)10(2)16-14(18)8-11-5-6-12-13(7-11)21-9-20-12/h5-7,10H,4,8-9H2,1-3H3,(H,16,18)/t10-/m0/s1. The van der Waals surface area contributed by atoms with E-state index in [9.17, 15) is 9.59 Å². The number of likely N-dealkylation sites (N-methyl/N-ethyl adjacent to an activating group) is 1. The van der Waals surface area contributed by atoms with E-state index in [-0.39, 0.29) is 25.0 Å². The molecule has 0 aromatic heterocycles. The van der Waals surface area contributed by atoms with Crippen LogP contribution >= 0.6 is 0 Å². The second-order valence-corrected chi connectivity index (χ2v) is 5.01. The predicted molar refractivity (Wildman–Crippen MR) is 77.2 cm³/mol. The first kappa shape index (κ1) is 15.2. The Hall–Kier alpha value is -2.24. The molecule has 0 radical (unpaired) electrons. The third-order valence-corrected chi connectivity index (χ3v) is 3.40. The minimum Gasteiger partial charge on any atom is -0.454 e. The first-order chi connectivity index (χ1) is 10.0. The molecule has 1 aliphatic rings. The Morgan fingerprint density at radius 1 is 1.33 bits per heavy atom. The van der Waals surface area contributed by atoms with E-state index in [2.05, 4.69) is 5.32 Å². The van der Waals surface area contributed by atoms with Crippen molar-refractivity contribution in [3.05, 3.63) is 23.8 Å². The molecule has 6 nitrogen and oxygen atoms in total. The molecule has 114 valence electrons. The molecule has 0 bridgehead atoms. The number of carbonyl (C=O) groups excluding carboxylic acids is 2. The Labute approximate surface area is 124 Å². The van der Waals surface area contributed by atoms with Crippen molar-refractivity contribution in [1.82, 2.24) is 10.2 Å². The highest BCUT2D eigenvalue weighted by molar-refractivity contribution is 5.88. The van der Waals surface area contributed by atoms with Crippen molar-refractivity contribution in [2.45, 2.75) is 26.3 Å². The SMILES string of the molecule is CCN(C)C(=O)[C@H](C)NC(=O)Cc1ccc2c(c1)OCO2. The lowest BCUT2D eigenvalue weighted by Crippen LogP contribution is -2.45. The molecule has 1 aliphatic heterocycles. The lowest BCUT2D eigenvalue weighted by molar-refractivity contribution is -0.134. The van der Waals surface area contributed by atoms with Gasteiger partial charge in [0.1, 0.15) is 6.04 Å². The number of nitrogens with zero attached hydrogens (tertiary/aromatic N) is 1. The van der Waals surface area contributed by atoms with Crippen LogP contribution in [0.3, 0.4) is 0 Å². The van der Waals surface area contributed by atoms with E-state index in [4.69, 9.17) is 9.47 Å². The van der Waals surface area contributed by atoms with Crippen LogP contribution in [-0.2, 0) is 16.0 Å². The minimum absolute atomic E-state index is 0.100. The molecule has 0 saturated heterocycles. The fourth-order valence-electron chi connectivity index (χ4n) is 2.08. The number of fused-ring (bicyclic) bond motifs is 1. The molecular weight excluding hydrogens is 272 g/mol. The van der Waals surface area contributed by atoms with Gasteiger partial charge in [0.15, 0.2) is 11.5 Å². The third-order valence-electron chi connectivity index (χ3n) is 3.40. The number of rotatable bonds is 5. The number of amides is 2. The molecule has 0 spiro atoms. The first-order valence-corrected chi connectivity index (χ1v) is 6.94. The molecular formula is C15H20N2O4. The minimum atomic E-state index is -0.531. The molecule has 1 atom stereocenters. The quantitative estimate of drug-likeness (QED) is 0.877. The molecule has 6 heteroatoms. The topological polar surface area (TPSA) is 67.9 Å². The van der Waals surface area contributed by atoms with E-state index < -0.39 is 6.04 Å². The normalized spacial score (nSPS) is 13.7. The van der Waals surface area contributed by atoms with Crippen LogP contribution in [0, 0.1) is 0 Å². The zero-order chi connectivity index (χ0) is 15.4. The average molecular weight is 292 g/mol. The summed E-state index contributed by atoms with van der Waals surface area (Å²) < 4.78 is 10.5. The molecule has 2 rings (SSSR count). The fourth-order valence-corrected chi connectivity index (χ4v) is 2.08. The van der Waals surface area contributed by atoms with Gasteiger partial charge in [0, 0.05) is 13.6 Å². The summed E-state index contributed by atoms with van der Waals surface area (Å²) >= 11 is 0. The second-order valence-electron chi connectivity index (χ2n) is 5.01. The molecule has 0 fully saturated rings. The zero-order valence-corrected chi connectivity index (χ0v) is 12.5. The molecule has 21 heavy (non-hydrogen) atoms. The van der Waals surface area contributed by atoms with Crippen molar-refractivity contribution in [3.63, 3.8) is 0 Å². The molecule has 1 aromatic carbocycles. The summed E-state index contributed by atoms with van der Waals surface area (Å²) in [5.74, 6) is 1.04. The van der Waals surface area contributed by atoms with Gasteiger partial charge in [-0.2, -0.15) is 0 Å². The Kier molecular flexibility index (Phi) is 4.67. The van der Waals surface area contributed by atoms with Crippen molar-refractivity contribution in [1.29, 1.82) is 0 Å². The Morgan fingerprint density at radius 3 is 2.76 bits per heavy atom. The van der Waals surface area contributed by atoms with Gasteiger partial charge in [0.2, 0.25) is 18.6 Å². The van der Waals surface area contributed by atoms with E-state index in [1.807, 2.05) is 13.0 Å². The number of hydrogen-bond acceptors (Lipinski definition) is 4. The monoisotopic (exact) mass is 292 g/mol. The molecule has 1 N–H and O–H groups in total. The van der Waals surface area contributed by atoms with Gasteiger partial charge in [-0.1, -0.05) is 6.07 Å². The van der Waals surface area contributed by atoms with Crippen molar-refractivity contribution < 1.29 is 19.1 Å². The third kappa shape index (κ3) is 3.65. The predicted octanol–water partition coefficient (Wildman–Crippen LogP) is 0.941. The van der Waals surface area contributed by atoms with Gasteiger partial charge in [0.05, 0.1) is 6.42 Å². The molecule has 0 unspecified atom stereocenters. The van der Waals surface area contributed by atoms with Gasteiger partial charge in [-0.3, -0.25) is 9.59 Å². The Bertz CT molecular complexity index is 544. The van der Waals surface area contributed by atoms with Gasteiger partial charge >= 0.3 is 0 Å². The van der Waals surface area contributed by atoms with E-state index in [0.29, 0.717) is 18.0 Å². The maximum atomic E-state index is 12.0. The van der Waals surface area contributed by atoms with E-state index in [0.717, 1.165) is 5.56 Å². The van der Waals surface area contributed by atoms with Crippen LogP contribution in [0.4, 0.5) is 0 Å². The maximum Gasteiger partial charge on any atom is 0.244 e. The van der Waals surface area contributed by atoms with E-state index in [1.165, 1.54) is 0 Å². The van der Waals surface area contributed by atoms with Crippen molar-refractivity contribution >= 4 is 11.8 Å². The fraction of sp³-hybridized carbons (Fsp3) is 0.467. The van der Waals surface area contributed by atoms with E-state index >= 15 is 0 Å². The van der Waals surface area contributed by atoms with E-state index in [1.54, 1.807) is 31.0 Å². The molecule has 2 amide bonds. The summed E-state index contributed by atoms with van der Waals surface area (Å²) in [6.45, 7) is 4.40. The van der Waals surface area contributed by atoms with Gasteiger partial charge in [-0.25, -0.2) is 0 Å². The first-order valence-electron chi connectivity index (χ1n) is 6.94. The van der Waals surface area contributed by atoms with Gasteiger partial charge in [-0.15, -0.1) is 0 Å². The van der Waals surface area contributed by atoms with Crippen LogP contribution in [0.15, 0.2) is 18.2 Å². The highest BCUT2D eigenvalue weighted by Crippen LogP contribution is 2.32. The lowest BCUT2D eigenvalue weighted by atomic mass is 10.1. The second kappa shape index (κ2) is 6.47. The number of ether oxygens (including phenoxy) is 2. The van der Waals surface area contributed by atoms with Gasteiger partial charge in [0.25, 0.3) is 0 Å². The maximum absolute atomic E-state index is 12.0. The lowest BCUT2D eigenvalue weighted by Gasteiger charge is -2.20. The largest absolute Gasteiger partial charge is 0.454 e. The molecule has 1 heterocycles. The Balaban J connectivity index is 1.91. The number of hydrogen-bond donors (Lipinski definition) is 1. The van der Waals surface area contributed by atoms with Crippen LogP contribution in [0.2, 0.25) is 0 Å². The average Bonchev–Trinajstić information content (AvgIpc) is 2.92. The number of nitrogens with one attached hydrogen (secondary N) is 1. The van der Waals surface area contributed by atoms with Crippen LogP contribution in [0.5, 0.6) is 11.5 Å². The smallest absolute Gasteiger partial charge is 0.244 e. The summed E-state index contributed by atoms with van der Waals surface area (Å²) in [4.78, 5) is 25.4. The zero-order valence-electron chi connectivity index (χ0n) is 12.5.